The minimum atomic E-state index is -0.972. The molecule has 1 aliphatic carbocycles. The summed E-state index contributed by atoms with van der Waals surface area (Å²) in [6.45, 7) is 4.32. The number of rotatable bonds is 1. The molecule has 0 amide bonds. The van der Waals surface area contributed by atoms with Gasteiger partial charge in [0.25, 0.3) is 0 Å². The number of fused-ring (bicyclic) bond motifs is 1. The predicted molar refractivity (Wildman–Crippen MR) is 85.4 cm³/mol. The Hall–Kier alpha value is -0.370. The average Bonchev–Trinajstić information content (AvgIpc) is 2.80. The van der Waals surface area contributed by atoms with E-state index in [2.05, 4.69) is 68.8 Å². The van der Waals surface area contributed by atoms with Gasteiger partial charge in [0.2, 0.25) is 0 Å². The van der Waals surface area contributed by atoms with Gasteiger partial charge in [-0.1, -0.05) is 54.1 Å². The van der Waals surface area contributed by atoms with Crippen molar-refractivity contribution in [3.8, 4) is 11.1 Å². The summed E-state index contributed by atoms with van der Waals surface area (Å²) >= 11 is -0.972. The Labute approximate surface area is 139 Å². The summed E-state index contributed by atoms with van der Waals surface area (Å²) in [5.41, 5.74) is 8.04. The van der Waals surface area contributed by atoms with Gasteiger partial charge in [0.15, 0.2) is 0 Å². The third-order valence-electron chi connectivity index (χ3n) is 3.33. The molecule has 0 saturated heterocycles. The van der Waals surface area contributed by atoms with Gasteiger partial charge in [0.05, 0.1) is 0 Å². The molecule has 0 unspecified atom stereocenters. The van der Waals surface area contributed by atoms with Gasteiger partial charge in [-0.3, -0.25) is 0 Å². The summed E-state index contributed by atoms with van der Waals surface area (Å²) in [5.74, 6) is 0. The van der Waals surface area contributed by atoms with Crippen molar-refractivity contribution in [3.63, 3.8) is 0 Å². The number of aryl methyl sites for hydroxylation is 1. The van der Waals surface area contributed by atoms with E-state index in [-0.39, 0.29) is 0 Å². The quantitative estimate of drug-likeness (QED) is 0.450. The molecule has 2 aromatic carbocycles. The third kappa shape index (κ3) is 3.63. The molecule has 0 bridgehead atoms. The molecule has 2 aromatic rings. The molecule has 0 saturated carbocycles. The zero-order valence-electron chi connectivity index (χ0n) is 11.5. The van der Waals surface area contributed by atoms with Crippen LogP contribution in [0.1, 0.15) is 23.6 Å². The monoisotopic (exact) mass is 469 g/mol. The van der Waals surface area contributed by atoms with Crippen LogP contribution in [0.3, 0.4) is 0 Å². The Morgan fingerprint density at radius 1 is 0.850 bits per heavy atom. The number of allylic oxidation sites excluding steroid dienone is 1. The van der Waals surface area contributed by atoms with Crippen LogP contribution >= 0.6 is 17.2 Å². The average molecular weight is 469 g/mol. The number of halogens is 2. The second-order valence-electron chi connectivity index (χ2n) is 4.73. The Kier molecular flexibility index (Phi) is 6.07. The fourth-order valence-electron chi connectivity index (χ4n) is 2.49. The van der Waals surface area contributed by atoms with Crippen molar-refractivity contribution in [2.75, 3.05) is 0 Å². The van der Waals surface area contributed by atoms with E-state index >= 15 is 0 Å². The van der Waals surface area contributed by atoms with E-state index in [1.54, 1.807) is 0 Å². The van der Waals surface area contributed by atoms with Crippen LogP contribution in [-0.4, -0.2) is 0 Å². The first-order chi connectivity index (χ1) is 9.67. The van der Waals surface area contributed by atoms with E-state index in [1.807, 2.05) is 0 Å². The van der Waals surface area contributed by atoms with Gasteiger partial charge in [-0.2, -0.15) is 0 Å². The Morgan fingerprint density at radius 3 is 2.20 bits per heavy atom. The number of benzene rings is 2. The summed E-state index contributed by atoms with van der Waals surface area (Å²) in [5, 5.41) is 0. The van der Waals surface area contributed by atoms with Crippen LogP contribution in [0.15, 0.2) is 48.0 Å². The normalized spacial score (nSPS) is 12.1. The zero-order chi connectivity index (χ0) is 14.5. The number of hydrogen-bond donors (Lipinski definition) is 0. The fraction of sp³-hybridized carbons (Fsp3) is 0.118. The second kappa shape index (κ2) is 7.59. The molecule has 0 N–H and O–H groups in total. The first-order valence-corrected chi connectivity index (χ1v) is 15.3. The molecule has 1 aliphatic rings. The first kappa shape index (κ1) is 16.0. The van der Waals surface area contributed by atoms with Crippen molar-refractivity contribution < 1.29 is 20.5 Å². The van der Waals surface area contributed by atoms with E-state index in [0.717, 1.165) is 0 Å². The van der Waals surface area contributed by atoms with Crippen LogP contribution in [0, 0.1) is 13.3 Å². The van der Waals surface area contributed by atoms with E-state index in [9.17, 15) is 0 Å². The van der Waals surface area contributed by atoms with Crippen LogP contribution in [0.5, 0.6) is 0 Å². The molecule has 3 rings (SSSR count). The number of hydrogen-bond acceptors (Lipinski definition) is 0. The van der Waals surface area contributed by atoms with Gasteiger partial charge in [0, 0.05) is 6.42 Å². The second-order valence-corrected chi connectivity index (χ2v) is 9.92. The molecule has 0 nitrogen and oxygen atoms in total. The fourth-order valence-corrected chi connectivity index (χ4v) is 2.49. The molecule has 0 aromatic heterocycles. The maximum atomic E-state index is 4.96. The third-order valence-corrected chi connectivity index (χ3v) is 3.33. The van der Waals surface area contributed by atoms with Crippen molar-refractivity contribution in [2.24, 2.45) is 0 Å². The van der Waals surface area contributed by atoms with Crippen molar-refractivity contribution in [1.29, 1.82) is 0 Å². The molecule has 20 heavy (non-hydrogen) atoms. The van der Waals surface area contributed by atoms with Crippen molar-refractivity contribution in [3.05, 3.63) is 71.1 Å². The van der Waals surface area contributed by atoms with Crippen LogP contribution in [0.4, 0.5) is 0 Å². The molecule has 0 atom stereocenters. The standard InChI is InChI=1S/C17H15.2ClH.Hf/c1-12-10-14-7-5-9-16(17(14)11-12)15-8-4-3-6-13(15)2;;;/h3-11H,1-2H3;2*1H;/q;;;+2/p-2. The van der Waals surface area contributed by atoms with Gasteiger partial charge < -0.3 is 0 Å². The molecule has 0 fully saturated rings. The SMILES string of the molecule is CC1=Cc2c(cccc2-c2ccccc2C)[CH]1.[Cl][Hf][Cl]. The molecule has 0 heterocycles. The molecular formula is C17H15Cl2Hf. The first-order valence-electron chi connectivity index (χ1n) is 6.35. The van der Waals surface area contributed by atoms with E-state index in [1.165, 1.54) is 33.4 Å². The van der Waals surface area contributed by atoms with Gasteiger partial charge in [0.1, 0.15) is 0 Å². The molecule has 101 valence electrons. The predicted octanol–water partition coefficient (Wildman–Crippen LogP) is 6.01. The van der Waals surface area contributed by atoms with E-state index in [4.69, 9.17) is 17.2 Å². The van der Waals surface area contributed by atoms with Crippen LogP contribution < -0.4 is 0 Å². The molecular weight excluding hydrogens is 454 g/mol. The topological polar surface area (TPSA) is 0 Å². The molecule has 3 heteroatoms. The molecule has 0 aliphatic heterocycles. The summed E-state index contributed by atoms with van der Waals surface area (Å²) in [4.78, 5) is 0. The zero-order valence-corrected chi connectivity index (χ0v) is 16.6. The minimum absolute atomic E-state index is 0.972. The van der Waals surface area contributed by atoms with Crippen molar-refractivity contribution >= 4 is 23.2 Å². The van der Waals surface area contributed by atoms with Crippen LogP contribution in [-0.2, 0) is 20.5 Å². The van der Waals surface area contributed by atoms with Crippen molar-refractivity contribution in [1.82, 2.24) is 0 Å². The maximum absolute atomic E-state index is 4.96. The van der Waals surface area contributed by atoms with Crippen LogP contribution in [0.2, 0.25) is 0 Å². The van der Waals surface area contributed by atoms with Gasteiger partial charge in [-0.15, -0.1) is 0 Å². The van der Waals surface area contributed by atoms with Gasteiger partial charge >= 0.3 is 37.7 Å². The summed E-state index contributed by atoms with van der Waals surface area (Å²) in [6.07, 6.45) is 4.52. The van der Waals surface area contributed by atoms with Gasteiger partial charge in [-0.05, 0) is 41.7 Å². The summed E-state index contributed by atoms with van der Waals surface area (Å²) < 4.78 is 0. The van der Waals surface area contributed by atoms with E-state index in [0.29, 0.717) is 0 Å². The molecule has 0 spiro atoms. The Balaban J connectivity index is 0.000000452. The molecule has 1 radical (unpaired) electrons. The van der Waals surface area contributed by atoms with Crippen LogP contribution in [0.25, 0.3) is 17.2 Å². The Morgan fingerprint density at radius 2 is 1.50 bits per heavy atom. The van der Waals surface area contributed by atoms with Crippen molar-refractivity contribution in [2.45, 2.75) is 13.8 Å². The van der Waals surface area contributed by atoms with E-state index < -0.39 is 20.5 Å². The van der Waals surface area contributed by atoms with Gasteiger partial charge in [-0.25, -0.2) is 0 Å². The summed E-state index contributed by atoms with van der Waals surface area (Å²) in [6, 6.07) is 15.1. The Bertz CT molecular complexity index is 633. The summed E-state index contributed by atoms with van der Waals surface area (Å²) in [7, 11) is 9.92.